The first kappa shape index (κ1) is 4.92. The summed E-state index contributed by atoms with van der Waals surface area (Å²) in [6.07, 6.45) is 0. The van der Waals surface area contributed by atoms with Crippen LogP contribution in [0.2, 0.25) is 4.08 Å². The molecule has 0 aromatic rings. The van der Waals surface area contributed by atoms with Gasteiger partial charge >= 0.3 is 47.9 Å². The summed E-state index contributed by atoms with van der Waals surface area (Å²) in [6, 6.07) is 0. The summed E-state index contributed by atoms with van der Waals surface area (Å²) >= 11 is -0.552. The molecular weight excluding hydrogens is 279 g/mol. The quantitative estimate of drug-likeness (QED) is 0.541. The second kappa shape index (κ2) is 2.18. The Balaban J connectivity index is 2.18. The van der Waals surface area contributed by atoms with Gasteiger partial charge in [0.1, 0.15) is 0 Å². The van der Waals surface area contributed by atoms with E-state index in [9.17, 15) is 5.21 Å². The van der Waals surface area contributed by atoms with Gasteiger partial charge in [0, 0.05) is 0 Å². The Morgan fingerprint density at radius 1 is 1.83 bits per heavy atom. The van der Waals surface area contributed by atoms with E-state index in [4.69, 9.17) is 0 Å². The van der Waals surface area contributed by atoms with Gasteiger partial charge in [-0.25, -0.2) is 0 Å². The molecule has 36 valence electrons. The van der Waals surface area contributed by atoms with Crippen LogP contribution < -0.4 is 5.23 Å². The van der Waals surface area contributed by atoms with Crippen molar-refractivity contribution < 1.29 is 8.10 Å². The maximum atomic E-state index is 10.1. The van der Waals surface area contributed by atoms with Crippen LogP contribution in [0.1, 0.15) is 0 Å². The molecule has 1 N–H and O–H groups in total. The van der Waals surface area contributed by atoms with E-state index in [1.165, 1.54) is 0 Å². The standard InChI is InChI=1S/C2H5NO2.Po/c1-2-3(4)5;/h3H,1-2H2;/q-1;+1. The molecule has 1 atom stereocenters. The number of hydrogen-bond donors (Lipinski definition) is 1. The molecule has 1 aliphatic rings. The summed E-state index contributed by atoms with van der Waals surface area (Å²) < 4.78 is 5.76. The molecule has 4 heteroatoms. The minimum absolute atomic E-state index is 0.0278. The molecule has 0 radical (unpaired) electrons. The van der Waals surface area contributed by atoms with Gasteiger partial charge in [-0.05, 0) is 0 Å². The van der Waals surface area contributed by atoms with E-state index in [2.05, 4.69) is 2.87 Å². The molecule has 0 bridgehead atoms. The Morgan fingerprint density at radius 2 is 2.67 bits per heavy atom. The van der Waals surface area contributed by atoms with Crippen LogP contribution in [-0.4, -0.2) is 30.6 Å². The second-order valence-electron chi connectivity index (χ2n) is 1.03. The van der Waals surface area contributed by atoms with Crippen LogP contribution in [-0.2, 0) is 2.87 Å². The van der Waals surface area contributed by atoms with Gasteiger partial charge in [-0.3, -0.25) is 0 Å². The molecule has 0 saturated carbocycles. The van der Waals surface area contributed by atoms with Crippen LogP contribution in [0.5, 0.6) is 0 Å². The van der Waals surface area contributed by atoms with Crippen molar-refractivity contribution in [1.29, 1.82) is 0 Å². The molecule has 0 amide bonds. The van der Waals surface area contributed by atoms with E-state index in [0.717, 1.165) is 4.08 Å². The van der Waals surface area contributed by atoms with Crippen molar-refractivity contribution in [1.82, 2.24) is 0 Å². The second-order valence-corrected chi connectivity index (χ2v) is 4.18. The summed E-state index contributed by atoms with van der Waals surface area (Å²) in [5, 5.41) is 10.1. The summed E-state index contributed by atoms with van der Waals surface area (Å²) in [4.78, 5) is 0. The van der Waals surface area contributed by atoms with Gasteiger partial charge in [0.15, 0.2) is 0 Å². The van der Waals surface area contributed by atoms with Gasteiger partial charge in [-0.2, -0.15) is 0 Å². The van der Waals surface area contributed by atoms with Crippen LogP contribution in [0, 0.1) is 5.21 Å². The van der Waals surface area contributed by atoms with Crippen molar-refractivity contribution in [2.24, 2.45) is 0 Å². The summed E-state index contributed by atoms with van der Waals surface area (Å²) in [5.74, 6) is 0. The summed E-state index contributed by atoms with van der Waals surface area (Å²) in [7, 11) is 0. The third-order valence-corrected chi connectivity index (χ3v) is 3.16. The molecule has 1 fully saturated rings. The van der Waals surface area contributed by atoms with Crippen molar-refractivity contribution in [2.45, 2.75) is 4.08 Å². The molecule has 0 aromatic heterocycles. The van der Waals surface area contributed by atoms with Gasteiger partial charge in [-0.15, -0.1) is 0 Å². The van der Waals surface area contributed by atoms with Crippen LogP contribution in [0.15, 0.2) is 0 Å². The van der Waals surface area contributed by atoms with Crippen molar-refractivity contribution in [3.63, 3.8) is 0 Å². The number of quaternary nitrogens is 1. The number of hydroxylamine groups is 2. The van der Waals surface area contributed by atoms with Crippen LogP contribution in [0.4, 0.5) is 0 Å². The third kappa shape index (κ3) is 1.13. The molecule has 6 heavy (non-hydrogen) atoms. The molecule has 0 aromatic carbocycles. The van der Waals surface area contributed by atoms with Gasteiger partial charge < -0.3 is 0 Å². The zero-order valence-electron chi connectivity index (χ0n) is 3.14. The monoisotopic (exact) mass is 284 g/mol. The van der Waals surface area contributed by atoms with Gasteiger partial charge in [0.05, 0.1) is 0 Å². The first-order chi connectivity index (χ1) is 2.89. The van der Waals surface area contributed by atoms with E-state index in [-0.39, 0.29) is 5.23 Å². The van der Waals surface area contributed by atoms with Crippen LogP contribution in [0.3, 0.4) is 0 Å². The number of hydrogen-bond acceptors (Lipinski definition) is 2. The molecule has 0 aliphatic carbocycles. The molecule has 0 spiro atoms. The Kier molecular flexibility index (Phi) is 1.79. The van der Waals surface area contributed by atoms with Crippen molar-refractivity contribution in [2.75, 3.05) is 6.54 Å². The van der Waals surface area contributed by atoms with E-state index in [1.807, 2.05) is 0 Å². The predicted molar refractivity (Wildman–Crippen MR) is 20.8 cm³/mol. The Bertz CT molecular complexity index is 44.8. The zero-order chi connectivity index (χ0) is 4.41. The van der Waals surface area contributed by atoms with Crippen LogP contribution in [0.25, 0.3) is 0 Å². The average molecular weight is 284 g/mol. The molecular formula is C2H5NO2Po. The topological polar surface area (TPSA) is 36.7 Å². The maximum absolute atomic E-state index is 10.1. The molecule has 3 nitrogen and oxygen atoms in total. The fourth-order valence-electron chi connectivity index (χ4n) is 0.274. The molecule has 1 unspecified atom stereocenters. The SMILES string of the molecule is [O-][NH+]1C[CH2][Po][O]1. The van der Waals surface area contributed by atoms with Crippen molar-refractivity contribution in [3.05, 3.63) is 5.21 Å². The van der Waals surface area contributed by atoms with Gasteiger partial charge in [0.25, 0.3) is 0 Å². The van der Waals surface area contributed by atoms with Crippen molar-refractivity contribution >= 4 is 24.0 Å². The third-order valence-electron chi connectivity index (χ3n) is 0.541. The molecule has 1 aliphatic heterocycles. The zero-order valence-corrected chi connectivity index (χ0v) is 6.31. The first-order valence-corrected chi connectivity index (χ1v) is 5.26. The summed E-state index contributed by atoms with van der Waals surface area (Å²) in [6.45, 7) is 0.699. The van der Waals surface area contributed by atoms with E-state index in [0.29, 0.717) is 6.54 Å². The Hall–Kier alpha value is 0.776. The number of rotatable bonds is 0. The Morgan fingerprint density at radius 3 is 2.83 bits per heavy atom. The molecule has 1 rings (SSSR count). The normalized spacial score (nSPS) is 34.5. The number of nitrogens with one attached hydrogen (secondary N) is 1. The van der Waals surface area contributed by atoms with Crippen molar-refractivity contribution in [3.8, 4) is 0 Å². The van der Waals surface area contributed by atoms with E-state index in [1.54, 1.807) is 0 Å². The molecule has 1 saturated heterocycles. The first-order valence-electron chi connectivity index (χ1n) is 1.72. The van der Waals surface area contributed by atoms with E-state index >= 15 is 0 Å². The van der Waals surface area contributed by atoms with Gasteiger partial charge in [0.2, 0.25) is 0 Å². The van der Waals surface area contributed by atoms with Crippen LogP contribution >= 0.6 is 0 Å². The molecule has 1 heterocycles. The average Bonchev–Trinajstić information content (AvgIpc) is 1.86. The Labute approximate surface area is 48.2 Å². The van der Waals surface area contributed by atoms with Gasteiger partial charge in [-0.1, -0.05) is 0 Å². The summed E-state index contributed by atoms with van der Waals surface area (Å²) in [5.41, 5.74) is 0. The fourth-order valence-corrected chi connectivity index (χ4v) is 2.40. The fraction of sp³-hybridized carbons (Fsp3) is 1.00. The minimum atomic E-state index is -0.552. The predicted octanol–water partition coefficient (Wildman–Crippen LogP) is -1.65. The van der Waals surface area contributed by atoms with E-state index < -0.39 is 24.0 Å².